The van der Waals surface area contributed by atoms with Gasteiger partial charge in [0.1, 0.15) is 5.57 Å². The number of benzene rings is 2. The topological polar surface area (TPSA) is 71.4 Å². The van der Waals surface area contributed by atoms with Gasteiger partial charge in [0.15, 0.2) is 0 Å². The Morgan fingerprint density at radius 3 is 2.21 bits per heavy atom. The molecule has 4 amide bonds. The van der Waals surface area contributed by atoms with Crippen molar-refractivity contribution in [2.24, 2.45) is 0 Å². The van der Waals surface area contributed by atoms with Crippen LogP contribution in [0.4, 0.5) is 23.7 Å². The molecule has 2 heterocycles. The third kappa shape index (κ3) is 4.05. The number of rotatable bonds is 3. The van der Waals surface area contributed by atoms with E-state index in [1.807, 2.05) is 0 Å². The summed E-state index contributed by atoms with van der Waals surface area (Å²) in [5.74, 6) is -1.64. The Morgan fingerprint density at radius 2 is 1.55 bits per heavy atom. The standard InChI is InChI=1S/C24H18F3N3O3/c1-14-11-16(15(2)29(14)19-10-6-7-17(13-19)24(25,26)27)12-20-21(31)28-23(33)30(22(20)32)18-8-4-3-5-9-18/h3-13H,1-2H3,(H,28,31,33). The highest BCUT2D eigenvalue weighted by Gasteiger charge is 2.37. The highest BCUT2D eigenvalue weighted by molar-refractivity contribution is 6.39. The molecule has 0 saturated carbocycles. The lowest BCUT2D eigenvalue weighted by Crippen LogP contribution is -2.54. The van der Waals surface area contributed by atoms with Crippen molar-refractivity contribution in [3.05, 3.63) is 88.8 Å². The van der Waals surface area contributed by atoms with Crippen LogP contribution in [0.15, 0.2) is 66.2 Å². The molecule has 1 aliphatic heterocycles. The lowest BCUT2D eigenvalue weighted by atomic mass is 10.1. The fourth-order valence-corrected chi connectivity index (χ4v) is 3.78. The number of carbonyl (C=O) groups excluding carboxylic acids is 3. The number of nitrogens with zero attached hydrogens (tertiary/aromatic N) is 2. The quantitative estimate of drug-likeness (QED) is 0.458. The van der Waals surface area contributed by atoms with Crippen LogP contribution in [0.25, 0.3) is 11.8 Å². The van der Waals surface area contributed by atoms with Crippen LogP contribution in [0.5, 0.6) is 0 Å². The van der Waals surface area contributed by atoms with E-state index in [4.69, 9.17) is 0 Å². The number of carbonyl (C=O) groups is 3. The Bertz CT molecular complexity index is 1310. The zero-order chi connectivity index (χ0) is 23.9. The Labute approximate surface area is 186 Å². The van der Waals surface area contributed by atoms with Gasteiger partial charge in [0.25, 0.3) is 11.8 Å². The molecule has 3 aromatic rings. The number of anilines is 1. The van der Waals surface area contributed by atoms with Gasteiger partial charge in [-0.2, -0.15) is 13.2 Å². The van der Waals surface area contributed by atoms with E-state index in [-0.39, 0.29) is 5.57 Å². The maximum atomic E-state index is 13.2. The maximum Gasteiger partial charge on any atom is 0.416 e. The lowest BCUT2D eigenvalue weighted by Gasteiger charge is -2.26. The molecule has 1 fully saturated rings. The minimum absolute atomic E-state index is 0.261. The van der Waals surface area contributed by atoms with Crippen molar-refractivity contribution in [3.8, 4) is 5.69 Å². The number of urea groups is 1. The normalized spacial score (nSPS) is 15.8. The monoisotopic (exact) mass is 453 g/mol. The molecule has 33 heavy (non-hydrogen) atoms. The van der Waals surface area contributed by atoms with Crippen molar-refractivity contribution in [2.45, 2.75) is 20.0 Å². The lowest BCUT2D eigenvalue weighted by molar-refractivity contribution is -0.137. The predicted octanol–water partition coefficient (Wildman–Crippen LogP) is 4.78. The first kappa shape index (κ1) is 22.1. The molecule has 1 aromatic heterocycles. The second kappa shape index (κ2) is 8.09. The zero-order valence-electron chi connectivity index (χ0n) is 17.6. The molecule has 2 aromatic carbocycles. The van der Waals surface area contributed by atoms with Gasteiger partial charge in [-0.1, -0.05) is 24.3 Å². The van der Waals surface area contributed by atoms with E-state index in [9.17, 15) is 27.6 Å². The summed E-state index contributed by atoms with van der Waals surface area (Å²) < 4.78 is 41.1. The molecule has 0 bridgehead atoms. The molecule has 1 saturated heterocycles. The van der Waals surface area contributed by atoms with Crippen LogP contribution >= 0.6 is 0 Å². The summed E-state index contributed by atoms with van der Waals surface area (Å²) in [7, 11) is 0. The molecule has 0 radical (unpaired) electrons. The first-order valence-corrected chi connectivity index (χ1v) is 9.91. The van der Waals surface area contributed by atoms with Crippen molar-refractivity contribution < 1.29 is 27.6 Å². The summed E-state index contributed by atoms with van der Waals surface area (Å²) in [5, 5.41) is 2.15. The van der Waals surface area contributed by atoms with Crippen molar-refractivity contribution in [3.63, 3.8) is 0 Å². The van der Waals surface area contributed by atoms with E-state index < -0.39 is 29.6 Å². The molecule has 0 atom stereocenters. The van der Waals surface area contributed by atoms with Crippen LogP contribution in [-0.4, -0.2) is 22.4 Å². The van der Waals surface area contributed by atoms with Gasteiger partial charge in [0.05, 0.1) is 11.3 Å². The van der Waals surface area contributed by atoms with Gasteiger partial charge < -0.3 is 4.57 Å². The van der Waals surface area contributed by atoms with Gasteiger partial charge in [-0.15, -0.1) is 0 Å². The minimum Gasteiger partial charge on any atom is -0.318 e. The van der Waals surface area contributed by atoms with Crippen LogP contribution in [0.2, 0.25) is 0 Å². The summed E-state index contributed by atoms with van der Waals surface area (Å²) >= 11 is 0. The average molecular weight is 453 g/mol. The maximum absolute atomic E-state index is 13.2. The van der Waals surface area contributed by atoms with E-state index in [0.717, 1.165) is 17.0 Å². The number of barbiturate groups is 1. The second-order valence-electron chi connectivity index (χ2n) is 7.50. The number of imide groups is 2. The summed E-state index contributed by atoms with van der Waals surface area (Å²) in [6.45, 7) is 3.38. The molecule has 9 heteroatoms. The highest BCUT2D eigenvalue weighted by Crippen LogP contribution is 2.32. The number of hydrogen-bond donors (Lipinski definition) is 1. The number of alkyl halides is 3. The Balaban J connectivity index is 1.76. The highest BCUT2D eigenvalue weighted by atomic mass is 19.4. The third-order valence-electron chi connectivity index (χ3n) is 5.32. The molecule has 0 unspecified atom stereocenters. The van der Waals surface area contributed by atoms with E-state index in [1.165, 1.54) is 12.1 Å². The smallest absolute Gasteiger partial charge is 0.318 e. The average Bonchev–Trinajstić information content (AvgIpc) is 3.04. The van der Waals surface area contributed by atoms with Crippen LogP contribution in [0.3, 0.4) is 0 Å². The van der Waals surface area contributed by atoms with Crippen molar-refractivity contribution >= 4 is 29.6 Å². The number of hydrogen-bond acceptors (Lipinski definition) is 3. The van der Waals surface area contributed by atoms with Crippen LogP contribution in [0, 0.1) is 13.8 Å². The predicted molar refractivity (Wildman–Crippen MR) is 116 cm³/mol. The number of halogens is 3. The third-order valence-corrected chi connectivity index (χ3v) is 5.32. The van der Waals surface area contributed by atoms with E-state index in [0.29, 0.717) is 28.3 Å². The number of aromatic nitrogens is 1. The molecular weight excluding hydrogens is 435 g/mol. The molecule has 1 aliphatic rings. The van der Waals surface area contributed by atoms with Gasteiger partial charge in [-0.05, 0) is 61.9 Å². The SMILES string of the molecule is Cc1cc(C=C2C(=O)NC(=O)N(c3ccccc3)C2=O)c(C)n1-c1cccc(C(F)(F)F)c1. The van der Waals surface area contributed by atoms with Gasteiger partial charge in [-0.3, -0.25) is 14.9 Å². The van der Waals surface area contributed by atoms with Gasteiger partial charge in [0.2, 0.25) is 0 Å². The first-order chi connectivity index (χ1) is 15.6. The number of nitrogens with one attached hydrogen (secondary N) is 1. The molecule has 0 aliphatic carbocycles. The summed E-state index contributed by atoms with van der Waals surface area (Å²) in [6, 6.07) is 13.8. The van der Waals surface area contributed by atoms with Gasteiger partial charge in [0, 0.05) is 17.1 Å². The molecule has 1 N–H and O–H groups in total. The first-order valence-electron chi connectivity index (χ1n) is 9.91. The van der Waals surface area contributed by atoms with Gasteiger partial charge >= 0.3 is 12.2 Å². The Kier molecular flexibility index (Phi) is 5.41. The molecule has 6 nitrogen and oxygen atoms in total. The Morgan fingerprint density at radius 1 is 0.879 bits per heavy atom. The fourth-order valence-electron chi connectivity index (χ4n) is 3.78. The second-order valence-corrected chi connectivity index (χ2v) is 7.50. The van der Waals surface area contributed by atoms with Crippen LogP contribution < -0.4 is 10.2 Å². The van der Waals surface area contributed by atoms with Gasteiger partial charge in [-0.25, -0.2) is 9.69 Å². The van der Waals surface area contributed by atoms with E-state index in [2.05, 4.69) is 5.32 Å². The molecule has 168 valence electrons. The number of amides is 4. The molecule has 0 spiro atoms. The van der Waals surface area contributed by atoms with E-state index in [1.54, 1.807) is 60.9 Å². The fraction of sp³-hybridized carbons (Fsp3) is 0.125. The zero-order valence-corrected chi connectivity index (χ0v) is 17.6. The van der Waals surface area contributed by atoms with Crippen LogP contribution in [0.1, 0.15) is 22.5 Å². The molecule has 4 rings (SSSR count). The van der Waals surface area contributed by atoms with Crippen molar-refractivity contribution in [2.75, 3.05) is 4.90 Å². The molecular formula is C24H18F3N3O3. The van der Waals surface area contributed by atoms with Crippen molar-refractivity contribution in [1.29, 1.82) is 0 Å². The largest absolute Gasteiger partial charge is 0.416 e. The summed E-state index contributed by atoms with van der Waals surface area (Å²) in [5.41, 5.74) is 1.15. The summed E-state index contributed by atoms with van der Waals surface area (Å²) in [6.07, 6.45) is -3.15. The Hall–Kier alpha value is -4.14. The summed E-state index contributed by atoms with van der Waals surface area (Å²) in [4.78, 5) is 38.6. The number of para-hydroxylation sites is 1. The van der Waals surface area contributed by atoms with Crippen molar-refractivity contribution in [1.82, 2.24) is 9.88 Å². The van der Waals surface area contributed by atoms with Crippen LogP contribution in [-0.2, 0) is 15.8 Å². The van der Waals surface area contributed by atoms with E-state index >= 15 is 0 Å². The number of aryl methyl sites for hydroxylation is 1. The minimum atomic E-state index is -4.49.